The second kappa shape index (κ2) is 13.8. The summed E-state index contributed by atoms with van der Waals surface area (Å²) in [4.78, 5) is 0. The summed E-state index contributed by atoms with van der Waals surface area (Å²) in [6, 6.07) is 11.6. The van der Waals surface area contributed by atoms with Crippen LogP contribution >= 0.6 is 0 Å². The normalized spacial score (nSPS) is 11.5. The van der Waals surface area contributed by atoms with Crippen LogP contribution in [0.4, 0.5) is 0 Å². The molecule has 0 saturated carbocycles. The maximum atomic E-state index is 3.19. The average molecular weight is 464 g/mol. The molecule has 0 saturated heterocycles. The molecule has 99 valence electrons. The summed E-state index contributed by atoms with van der Waals surface area (Å²) in [6.07, 6.45) is 6.41. The van der Waals surface area contributed by atoms with Crippen molar-refractivity contribution in [3.05, 3.63) is 59.2 Å². The fourth-order valence-electron chi connectivity index (χ4n) is 1.29. The third-order valence-corrected chi connectivity index (χ3v) is 3.08. The van der Waals surface area contributed by atoms with Crippen molar-refractivity contribution in [3.8, 4) is 0 Å². The summed E-state index contributed by atoms with van der Waals surface area (Å²) in [6.45, 7) is 4.22. The van der Waals surface area contributed by atoms with Gasteiger partial charge in [-0.15, -0.1) is 13.3 Å². The number of allylic oxidation sites excluding steroid dienone is 4. The van der Waals surface area contributed by atoms with Crippen LogP contribution in [-0.2, 0) is 31.9 Å². The number of rotatable bonds is 1. The first-order valence-corrected chi connectivity index (χ1v) is 6.31. The van der Waals surface area contributed by atoms with Crippen molar-refractivity contribution in [2.45, 2.75) is 26.3 Å². The first kappa shape index (κ1) is 23.5. The van der Waals surface area contributed by atoms with Crippen molar-refractivity contribution < 1.29 is 50.7 Å². The Kier molecular flexibility index (Phi) is 18.0. The molecule has 0 heterocycles. The summed E-state index contributed by atoms with van der Waals surface area (Å²) in [5, 5.41) is 0. The van der Waals surface area contributed by atoms with Gasteiger partial charge in [-0.3, -0.25) is 6.08 Å². The van der Waals surface area contributed by atoms with Crippen LogP contribution in [0.3, 0.4) is 0 Å². The Bertz CT molecular complexity index is 345. The zero-order valence-electron chi connectivity index (χ0n) is 10.8. The van der Waals surface area contributed by atoms with Crippen LogP contribution in [0.25, 0.3) is 0 Å². The third kappa shape index (κ3) is 9.32. The molecular formula is C14H18Cl2HfSi-3. The van der Waals surface area contributed by atoms with Gasteiger partial charge in [0.15, 0.2) is 0 Å². The van der Waals surface area contributed by atoms with Crippen molar-refractivity contribution in [2.24, 2.45) is 0 Å². The molecule has 18 heavy (non-hydrogen) atoms. The summed E-state index contributed by atoms with van der Waals surface area (Å²) in [5.41, 5.74) is 4.13. The van der Waals surface area contributed by atoms with Gasteiger partial charge >= 0.3 is 0 Å². The van der Waals surface area contributed by atoms with E-state index in [-0.39, 0.29) is 50.7 Å². The van der Waals surface area contributed by atoms with Crippen LogP contribution in [0.15, 0.2) is 47.6 Å². The van der Waals surface area contributed by atoms with Crippen molar-refractivity contribution in [1.82, 2.24) is 0 Å². The van der Waals surface area contributed by atoms with E-state index in [1.807, 2.05) is 16.3 Å². The van der Waals surface area contributed by atoms with Gasteiger partial charge in [0, 0.05) is 36.1 Å². The fraction of sp³-hybridized carbons (Fsp3) is 0.286. The maximum absolute atomic E-state index is 3.19. The number of hydrogen-bond acceptors (Lipinski definition) is 0. The minimum Gasteiger partial charge on any atom is -1.00 e. The zero-order valence-corrected chi connectivity index (χ0v) is 17.4. The molecule has 0 amide bonds. The van der Waals surface area contributed by atoms with E-state index in [0.29, 0.717) is 0 Å². The Morgan fingerprint density at radius 3 is 1.89 bits per heavy atom. The number of benzene rings is 1. The molecule has 1 aliphatic carbocycles. The Hall–Kier alpha value is 0.367. The molecule has 0 unspecified atom stereocenters. The minimum atomic E-state index is 0. The molecule has 1 aromatic carbocycles. The van der Waals surface area contributed by atoms with E-state index in [0.717, 1.165) is 6.42 Å². The molecule has 4 heteroatoms. The minimum absolute atomic E-state index is 0. The Morgan fingerprint density at radius 2 is 1.67 bits per heavy atom. The van der Waals surface area contributed by atoms with Gasteiger partial charge in [-0.2, -0.15) is 6.08 Å². The molecule has 0 N–H and O–H groups in total. The van der Waals surface area contributed by atoms with E-state index in [4.69, 9.17) is 0 Å². The van der Waals surface area contributed by atoms with Crippen molar-refractivity contribution in [2.75, 3.05) is 0 Å². The first-order chi connectivity index (χ1) is 7.24. The predicted molar refractivity (Wildman–Crippen MR) is 69.5 cm³/mol. The first-order valence-electron chi connectivity index (χ1n) is 5.31. The Labute approximate surface area is 145 Å². The second-order valence-electron chi connectivity index (χ2n) is 3.63. The third-order valence-electron chi connectivity index (χ3n) is 2.50. The van der Waals surface area contributed by atoms with E-state index < -0.39 is 0 Å². The molecule has 0 bridgehead atoms. The fourth-order valence-corrected chi connectivity index (χ4v) is 1.63. The van der Waals surface area contributed by atoms with E-state index >= 15 is 0 Å². The van der Waals surface area contributed by atoms with Crippen LogP contribution in [-0.4, -0.2) is 10.2 Å². The van der Waals surface area contributed by atoms with E-state index in [2.05, 4.69) is 50.3 Å². The second-order valence-corrected chi connectivity index (χ2v) is 4.13. The molecule has 0 fully saturated rings. The van der Waals surface area contributed by atoms with E-state index in [9.17, 15) is 0 Å². The Morgan fingerprint density at radius 1 is 1.11 bits per heavy atom. The molecule has 0 aliphatic heterocycles. The molecule has 0 atom stereocenters. The maximum Gasteiger partial charge on any atom is 0.0138 e. The standard InChI is InChI=1S/C7H9Si.C7H9.2ClH.Hf/c8-6-7-4-2-1-3-5-7;1-6-4-3-5-7(6)2;;;/h1-5H,6,8H2;4H,3H2,1-2H3;2*1H;/q;-1;;;/p-2. The Balaban J connectivity index is -0.000000215. The van der Waals surface area contributed by atoms with Gasteiger partial charge in [-0.05, 0) is 6.04 Å². The monoisotopic (exact) mass is 464 g/mol. The largest absolute Gasteiger partial charge is 1.00 e. The molecule has 1 aromatic rings. The van der Waals surface area contributed by atoms with Gasteiger partial charge in [-0.1, -0.05) is 42.8 Å². The summed E-state index contributed by atoms with van der Waals surface area (Å²) in [5.74, 6) is 0. The van der Waals surface area contributed by atoms with Gasteiger partial charge in [0.1, 0.15) is 0 Å². The molecule has 0 aromatic heterocycles. The van der Waals surface area contributed by atoms with Crippen molar-refractivity contribution >= 4 is 10.2 Å². The van der Waals surface area contributed by atoms with Crippen LogP contribution < -0.4 is 24.8 Å². The zero-order chi connectivity index (χ0) is 11.1. The van der Waals surface area contributed by atoms with Gasteiger partial charge in [-0.25, -0.2) is 11.1 Å². The van der Waals surface area contributed by atoms with Crippen LogP contribution in [0.2, 0.25) is 0 Å². The van der Waals surface area contributed by atoms with Gasteiger partial charge in [0.2, 0.25) is 0 Å². The van der Waals surface area contributed by atoms with Gasteiger partial charge in [0.25, 0.3) is 0 Å². The van der Waals surface area contributed by atoms with Gasteiger partial charge < -0.3 is 24.8 Å². The molecule has 0 spiro atoms. The number of hydrogen-bond donors (Lipinski definition) is 0. The van der Waals surface area contributed by atoms with Crippen LogP contribution in [0.1, 0.15) is 25.8 Å². The molecule has 1 radical (unpaired) electrons. The van der Waals surface area contributed by atoms with Crippen molar-refractivity contribution in [1.29, 1.82) is 0 Å². The topological polar surface area (TPSA) is 0 Å². The predicted octanol–water partition coefficient (Wildman–Crippen LogP) is -3.09. The summed E-state index contributed by atoms with van der Waals surface area (Å²) in [7, 11) is 1.98. The quantitative estimate of drug-likeness (QED) is 0.306. The van der Waals surface area contributed by atoms with Gasteiger partial charge in [0.05, 0.1) is 0 Å². The summed E-state index contributed by atoms with van der Waals surface area (Å²) >= 11 is 0. The van der Waals surface area contributed by atoms with E-state index in [1.165, 1.54) is 22.8 Å². The van der Waals surface area contributed by atoms with Crippen LogP contribution in [0.5, 0.6) is 0 Å². The molecule has 1 aliphatic rings. The molecule has 0 nitrogen and oxygen atoms in total. The number of halogens is 2. The molecule has 2 rings (SSSR count). The van der Waals surface area contributed by atoms with Crippen LogP contribution in [0, 0.1) is 6.08 Å². The van der Waals surface area contributed by atoms with E-state index in [1.54, 1.807) is 0 Å². The van der Waals surface area contributed by atoms with Crippen molar-refractivity contribution in [3.63, 3.8) is 0 Å². The smallest absolute Gasteiger partial charge is 0.0138 e. The summed E-state index contributed by atoms with van der Waals surface area (Å²) < 4.78 is 0. The SMILES string of the molecule is CC1=[C-]CC=C1C.[Cl-].[Cl-].[Hf].[SiH2]Cc1ccccc1. The molecular weight excluding hydrogens is 446 g/mol. The average Bonchev–Trinajstić information content (AvgIpc) is 2.65.